The van der Waals surface area contributed by atoms with E-state index in [1.165, 1.54) is 0 Å². The minimum atomic E-state index is 0.585. The molecule has 0 N–H and O–H groups in total. The molecule has 2 aromatic carbocycles. The highest BCUT2D eigenvalue weighted by atomic mass is 35.5. The van der Waals surface area contributed by atoms with Crippen molar-refractivity contribution >= 4 is 17.2 Å². The molecule has 2 heteroatoms. The van der Waals surface area contributed by atoms with E-state index in [1.807, 2.05) is 30.3 Å². The fourth-order valence-corrected chi connectivity index (χ4v) is 1.85. The smallest absolute Gasteiger partial charge is 0.0991 e. The van der Waals surface area contributed by atoms with Crippen molar-refractivity contribution in [1.82, 2.24) is 0 Å². The van der Waals surface area contributed by atoms with E-state index in [9.17, 15) is 0 Å². The van der Waals surface area contributed by atoms with Crippen molar-refractivity contribution in [2.45, 2.75) is 0 Å². The van der Waals surface area contributed by atoms with Gasteiger partial charge in [-0.25, -0.2) is 0 Å². The van der Waals surface area contributed by atoms with E-state index in [2.05, 4.69) is 12.6 Å². The Morgan fingerprint density at radius 1 is 1.12 bits per heavy atom. The summed E-state index contributed by atoms with van der Waals surface area (Å²) in [5, 5.41) is 9.49. The van der Waals surface area contributed by atoms with Crippen molar-refractivity contribution in [2.75, 3.05) is 0 Å². The molecular weight excluding hydrogens is 230 g/mol. The molecule has 82 valence electrons. The van der Waals surface area contributed by atoms with Crippen LogP contribution in [-0.2, 0) is 0 Å². The lowest BCUT2D eigenvalue weighted by atomic mass is 9.98. The molecule has 0 spiro atoms. The number of nitriles is 1. The van der Waals surface area contributed by atoms with Gasteiger partial charge in [0, 0.05) is 10.6 Å². The molecule has 0 aromatic heterocycles. The van der Waals surface area contributed by atoms with Crippen LogP contribution in [-0.4, -0.2) is 0 Å². The second-order valence-electron chi connectivity index (χ2n) is 3.65. The van der Waals surface area contributed by atoms with Crippen LogP contribution in [0.15, 0.2) is 55.1 Å². The summed E-state index contributed by atoms with van der Waals surface area (Å²) >= 11 is 6.13. The number of hydrogen-bond acceptors (Lipinski definition) is 1. The number of rotatable bonds is 2. The maximum atomic E-state index is 8.88. The Balaban J connectivity index is 2.48. The highest BCUT2D eigenvalue weighted by molar-refractivity contribution is 6.32. The molecule has 1 nitrogen and oxygen atoms in total. The van der Waals surface area contributed by atoms with Crippen LogP contribution < -0.4 is 0 Å². The third-order valence-electron chi connectivity index (χ3n) is 2.54. The van der Waals surface area contributed by atoms with E-state index in [0.29, 0.717) is 10.6 Å². The maximum absolute atomic E-state index is 8.88. The fraction of sp³-hybridized carbons (Fsp3) is 0. The molecule has 17 heavy (non-hydrogen) atoms. The molecule has 0 saturated heterocycles. The molecule has 0 saturated carbocycles. The van der Waals surface area contributed by atoms with Crippen molar-refractivity contribution in [1.29, 1.82) is 5.26 Å². The minimum absolute atomic E-state index is 0.585. The normalized spacial score (nSPS) is 9.65. The third-order valence-corrected chi connectivity index (χ3v) is 2.87. The maximum Gasteiger partial charge on any atom is 0.0991 e. The highest BCUT2D eigenvalue weighted by Gasteiger charge is 2.07. The van der Waals surface area contributed by atoms with Crippen molar-refractivity contribution in [3.63, 3.8) is 0 Å². The van der Waals surface area contributed by atoms with Gasteiger partial charge in [0.05, 0.1) is 11.6 Å². The van der Waals surface area contributed by atoms with E-state index in [1.54, 1.807) is 18.2 Å². The van der Waals surface area contributed by atoms with Gasteiger partial charge >= 0.3 is 0 Å². The van der Waals surface area contributed by atoms with Crippen LogP contribution in [0.2, 0.25) is 5.02 Å². The molecule has 0 unspecified atom stereocenters. The molecule has 0 amide bonds. The first kappa shape index (κ1) is 11.4. The standard InChI is InChI=1S/C15H10ClN/c1-11(13-5-3-2-4-6-13)14-9-12(10-17)7-8-15(14)16/h2-9H,1H2. The van der Waals surface area contributed by atoms with Crippen molar-refractivity contribution < 1.29 is 0 Å². The van der Waals surface area contributed by atoms with Gasteiger partial charge in [-0.05, 0) is 29.3 Å². The predicted molar refractivity (Wildman–Crippen MR) is 70.7 cm³/mol. The first-order valence-electron chi connectivity index (χ1n) is 5.16. The van der Waals surface area contributed by atoms with Gasteiger partial charge in [0.2, 0.25) is 0 Å². The average molecular weight is 240 g/mol. The van der Waals surface area contributed by atoms with Crippen molar-refractivity contribution in [3.05, 3.63) is 76.8 Å². The van der Waals surface area contributed by atoms with Gasteiger partial charge in [0.15, 0.2) is 0 Å². The molecule has 0 aliphatic carbocycles. The van der Waals surface area contributed by atoms with E-state index in [0.717, 1.165) is 16.7 Å². The van der Waals surface area contributed by atoms with E-state index < -0.39 is 0 Å². The van der Waals surface area contributed by atoms with Crippen LogP contribution in [0.4, 0.5) is 0 Å². The van der Waals surface area contributed by atoms with Gasteiger partial charge in [-0.15, -0.1) is 0 Å². The first-order valence-corrected chi connectivity index (χ1v) is 5.54. The molecule has 0 fully saturated rings. The minimum Gasteiger partial charge on any atom is -0.192 e. The van der Waals surface area contributed by atoms with Crippen LogP contribution in [0.1, 0.15) is 16.7 Å². The van der Waals surface area contributed by atoms with Crippen LogP contribution in [0.5, 0.6) is 0 Å². The predicted octanol–water partition coefficient (Wildman–Crippen LogP) is 4.27. The summed E-state index contributed by atoms with van der Waals surface area (Å²) in [7, 11) is 0. The third kappa shape index (κ3) is 2.38. The Labute approximate surface area is 106 Å². The topological polar surface area (TPSA) is 23.8 Å². The largest absolute Gasteiger partial charge is 0.192 e. The number of hydrogen-bond donors (Lipinski definition) is 0. The number of halogens is 1. The van der Waals surface area contributed by atoms with Gasteiger partial charge in [-0.3, -0.25) is 0 Å². The molecule has 0 atom stereocenters. The van der Waals surface area contributed by atoms with Gasteiger partial charge in [-0.2, -0.15) is 5.26 Å². The highest BCUT2D eigenvalue weighted by Crippen LogP contribution is 2.28. The summed E-state index contributed by atoms with van der Waals surface area (Å²) in [5.41, 5.74) is 3.22. The molecule has 0 bridgehead atoms. The van der Waals surface area contributed by atoms with E-state index in [4.69, 9.17) is 16.9 Å². The molecule has 2 rings (SSSR count). The molecule has 0 radical (unpaired) electrons. The van der Waals surface area contributed by atoms with Crippen molar-refractivity contribution in [3.8, 4) is 6.07 Å². The summed E-state index contributed by atoms with van der Waals surface area (Å²) in [6.07, 6.45) is 0. The van der Waals surface area contributed by atoms with Gasteiger partial charge < -0.3 is 0 Å². The van der Waals surface area contributed by atoms with Crippen LogP contribution in [0.3, 0.4) is 0 Å². The van der Waals surface area contributed by atoms with Gasteiger partial charge in [0.1, 0.15) is 0 Å². The SMILES string of the molecule is C=C(c1ccccc1)c1cc(C#N)ccc1Cl. The van der Waals surface area contributed by atoms with Crippen LogP contribution >= 0.6 is 11.6 Å². The second kappa shape index (κ2) is 4.86. The average Bonchev–Trinajstić information content (AvgIpc) is 2.39. The Morgan fingerprint density at radius 2 is 1.82 bits per heavy atom. The molecule has 2 aromatic rings. The fourth-order valence-electron chi connectivity index (χ4n) is 1.62. The van der Waals surface area contributed by atoms with Crippen molar-refractivity contribution in [2.24, 2.45) is 0 Å². The zero-order chi connectivity index (χ0) is 12.3. The number of nitrogens with zero attached hydrogens (tertiary/aromatic N) is 1. The van der Waals surface area contributed by atoms with Crippen LogP contribution in [0.25, 0.3) is 5.57 Å². The Hall–Kier alpha value is -2.04. The Kier molecular flexibility index (Phi) is 3.27. The lowest BCUT2D eigenvalue weighted by Gasteiger charge is -2.08. The molecule has 0 aliphatic heterocycles. The molecule has 0 heterocycles. The molecule has 0 aliphatic rings. The lowest BCUT2D eigenvalue weighted by Crippen LogP contribution is -1.88. The number of benzene rings is 2. The lowest BCUT2D eigenvalue weighted by molar-refractivity contribution is 1.47. The first-order chi connectivity index (χ1) is 8.22. The van der Waals surface area contributed by atoms with E-state index in [-0.39, 0.29) is 0 Å². The summed E-state index contributed by atoms with van der Waals surface area (Å²) in [6, 6.07) is 17.1. The summed E-state index contributed by atoms with van der Waals surface area (Å²) in [6.45, 7) is 4.04. The zero-order valence-electron chi connectivity index (χ0n) is 9.15. The van der Waals surface area contributed by atoms with Gasteiger partial charge in [-0.1, -0.05) is 48.5 Å². The molecular formula is C15H10ClN. The second-order valence-corrected chi connectivity index (χ2v) is 4.06. The quantitative estimate of drug-likeness (QED) is 0.768. The zero-order valence-corrected chi connectivity index (χ0v) is 9.91. The Bertz CT molecular complexity index is 594. The van der Waals surface area contributed by atoms with E-state index >= 15 is 0 Å². The summed E-state index contributed by atoms with van der Waals surface area (Å²) in [4.78, 5) is 0. The summed E-state index contributed by atoms with van der Waals surface area (Å²) in [5.74, 6) is 0. The van der Waals surface area contributed by atoms with Gasteiger partial charge in [0.25, 0.3) is 0 Å². The van der Waals surface area contributed by atoms with Crippen LogP contribution in [0, 0.1) is 11.3 Å². The Morgan fingerprint density at radius 3 is 2.47 bits per heavy atom. The summed E-state index contributed by atoms with van der Waals surface area (Å²) < 4.78 is 0. The monoisotopic (exact) mass is 239 g/mol.